The SMILES string of the molecule is CNC(=O)N[C@H]1C[C@@H](C(=O)NCc2ccc3c(c2)nnn3C)N(C(=O)[C@H](C=N)CCc2ccccc2)C1. The fourth-order valence-corrected chi connectivity index (χ4v) is 4.65. The topological polar surface area (TPSA) is 145 Å². The fourth-order valence-electron chi connectivity index (χ4n) is 4.65. The summed E-state index contributed by atoms with van der Waals surface area (Å²) in [6.45, 7) is 0.463. The van der Waals surface area contributed by atoms with Gasteiger partial charge in [-0.2, -0.15) is 0 Å². The standard InChI is InChI=1S/C26H32N8O3/c1-28-26(37)30-20-13-23(24(35)29-15-18-9-11-22-21(12-18)31-32-33(22)2)34(16-20)25(36)19(14-27)10-8-17-6-4-3-5-7-17/h3-7,9,11-12,14,19-20,23,27H,8,10,13,15-16H2,1-2H3,(H,29,35)(H2,28,30,37)/t19-,20-,23-/m0/s1. The van der Waals surface area contributed by atoms with Gasteiger partial charge >= 0.3 is 6.03 Å². The first-order chi connectivity index (χ1) is 17.9. The molecule has 4 rings (SSSR count). The summed E-state index contributed by atoms with van der Waals surface area (Å²) in [4.78, 5) is 40.2. The van der Waals surface area contributed by atoms with Gasteiger partial charge in [0.05, 0.1) is 17.5 Å². The summed E-state index contributed by atoms with van der Waals surface area (Å²) in [6, 6.07) is 13.9. The molecule has 11 heteroatoms. The smallest absolute Gasteiger partial charge is 0.314 e. The van der Waals surface area contributed by atoms with E-state index >= 15 is 0 Å². The van der Waals surface area contributed by atoms with Gasteiger partial charge in [0.2, 0.25) is 11.8 Å². The van der Waals surface area contributed by atoms with E-state index in [4.69, 9.17) is 5.41 Å². The number of likely N-dealkylation sites (tertiary alicyclic amines) is 1. The lowest BCUT2D eigenvalue weighted by Crippen LogP contribution is -2.48. The van der Waals surface area contributed by atoms with Crippen LogP contribution in [0.25, 0.3) is 11.0 Å². The van der Waals surface area contributed by atoms with E-state index in [2.05, 4.69) is 26.3 Å². The largest absolute Gasteiger partial charge is 0.350 e. The van der Waals surface area contributed by atoms with E-state index in [1.165, 1.54) is 11.9 Å². The molecule has 3 aromatic rings. The Morgan fingerprint density at radius 1 is 1.16 bits per heavy atom. The lowest BCUT2D eigenvalue weighted by Gasteiger charge is -2.26. The van der Waals surface area contributed by atoms with Crippen molar-refractivity contribution in [2.75, 3.05) is 13.6 Å². The summed E-state index contributed by atoms with van der Waals surface area (Å²) < 4.78 is 1.68. The van der Waals surface area contributed by atoms with Gasteiger partial charge in [-0.1, -0.05) is 41.6 Å². The van der Waals surface area contributed by atoms with E-state index < -0.39 is 12.0 Å². The molecule has 0 radical (unpaired) electrons. The second-order valence-electron chi connectivity index (χ2n) is 9.21. The van der Waals surface area contributed by atoms with E-state index in [1.54, 1.807) is 4.68 Å². The summed E-state index contributed by atoms with van der Waals surface area (Å²) in [5.41, 5.74) is 3.56. The fraction of sp³-hybridized carbons (Fsp3) is 0.385. The number of fused-ring (bicyclic) bond motifs is 1. The molecule has 1 aliphatic heterocycles. The third-order valence-corrected chi connectivity index (χ3v) is 6.70. The molecule has 37 heavy (non-hydrogen) atoms. The van der Waals surface area contributed by atoms with Gasteiger partial charge in [0.15, 0.2) is 0 Å². The predicted octanol–water partition coefficient (Wildman–Crippen LogP) is 1.38. The average Bonchev–Trinajstić information content (AvgIpc) is 3.51. The van der Waals surface area contributed by atoms with Crippen LogP contribution in [0.4, 0.5) is 4.79 Å². The van der Waals surface area contributed by atoms with Gasteiger partial charge in [-0.05, 0) is 42.5 Å². The third-order valence-electron chi connectivity index (χ3n) is 6.70. The Balaban J connectivity index is 1.45. The molecular formula is C26H32N8O3. The molecule has 1 aliphatic rings. The molecule has 2 heterocycles. The van der Waals surface area contributed by atoms with Crippen molar-refractivity contribution in [3.8, 4) is 0 Å². The summed E-state index contributed by atoms with van der Waals surface area (Å²) in [7, 11) is 3.33. The van der Waals surface area contributed by atoms with Gasteiger partial charge in [0, 0.05) is 33.4 Å². The molecule has 11 nitrogen and oxygen atoms in total. The van der Waals surface area contributed by atoms with E-state index in [-0.39, 0.29) is 43.4 Å². The maximum atomic E-state index is 13.5. The number of hydrogen-bond donors (Lipinski definition) is 4. The average molecular weight is 505 g/mol. The molecule has 0 saturated carbocycles. The zero-order valence-electron chi connectivity index (χ0n) is 21.0. The normalized spacial score (nSPS) is 17.8. The number of amides is 4. The molecule has 1 saturated heterocycles. The minimum Gasteiger partial charge on any atom is -0.350 e. The van der Waals surface area contributed by atoms with Crippen LogP contribution in [-0.4, -0.2) is 69.6 Å². The van der Waals surface area contributed by atoms with E-state index in [0.29, 0.717) is 12.8 Å². The molecule has 0 unspecified atom stereocenters. The highest BCUT2D eigenvalue weighted by molar-refractivity contribution is 5.96. The van der Waals surface area contributed by atoms with E-state index in [1.807, 2.05) is 55.6 Å². The second kappa shape index (κ2) is 11.6. The molecule has 1 aromatic heterocycles. The lowest BCUT2D eigenvalue weighted by molar-refractivity contribution is -0.140. The van der Waals surface area contributed by atoms with Crippen molar-refractivity contribution in [1.29, 1.82) is 5.41 Å². The number of rotatable bonds is 9. The highest BCUT2D eigenvalue weighted by Gasteiger charge is 2.41. The molecular weight excluding hydrogens is 472 g/mol. The van der Waals surface area contributed by atoms with Crippen LogP contribution in [0.5, 0.6) is 0 Å². The number of urea groups is 1. The zero-order valence-corrected chi connectivity index (χ0v) is 21.0. The Bertz CT molecular complexity index is 1280. The molecule has 0 aliphatic carbocycles. The Hall–Kier alpha value is -4.28. The monoisotopic (exact) mass is 504 g/mol. The number of nitrogens with zero attached hydrogens (tertiary/aromatic N) is 4. The van der Waals surface area contributed by atoms with Crippen molar-refractivity contribution in [3.63, 3.8) is 0 Å². The molecule has 194 valence electrons. The van der Waals surface area contributed by atoms with Crippen molar-refractivity contribution >= 4 is 35.1 Å². The van der Waals surface area contributed by atoms with Crippen LogP contribution in [0.1, 0.15) is 24.0 Å². The highest BCUT2D eigenvalue weighted by atomic mass is 16.2. The van der Waals surface area contributed by atoms with Gasteiger partial charge in [-0.3, -0.25) is 9.59 Å². The maximum absolute atomic E-state index is 13.5. The van der Waals surface area contributed by atoms with Crippen molar-refractivity contribution in [1.82, 2.24) is 35.8 Å². The van der Waals surface area contributed by atoms with Crippen LogP contribution >= 0.6 is 0 Å². The lowest BCUT2D eigenvalue weighted by atomic mass is 9.98. The molecule has 3 atom stereocenters. The number of carbonyl (C=O) groups is 3. The van der Waals surface area contributed by atoms with Crippen molar-refractivity contribution in [2.45, 2.75) is 37.9 Å². The molecule has 0 bridgehead atoms. The van der Waals surface area contributed by atoms with Crippen molar-refractivity contribution in [2.24, 2.45) is 13.0 Å². The van der Waals surface area contributed by atoms with Crippen LogP contribution in [0.2, 0.25) is 0 Å². The Morgan fingerprint density at radius 3 is 2.68 bits per heavy atom. The van der Waals surface area contributed by atoms with E-state index in [0.717, 1.165) is 28.4 Å². The van der Waals surface area contributed by atoms with Crippen LogP contribution in [-0.2, 0) is 29.6 Å². The van der Waals surface area contributed by atoms with Gasteiger partial charge in [-0.25, -0.2) is 9.48 Å². The number of nitrogens with one attached hydrogen (secondary N) is 4. The highest BCUT2D eigenvalue weighted by Crippen LogP contribution is 2.23. The number of aromatic nitrogens is 3. The first kappa shape index (κ1) is 25.8. The first-order valence-electron chi connectivity index (χ1n) is 12.3. The van der Waals surface area contributed by atoms with Gasteiger partial charge in [0.1, 0.15) is 11.6 Å². The third kappa shape index (κ3) is 6.11. The van der Waals surface area contributed by atoms with Crippen LogP contribution in [0, 0.1) is 11.3 Å². The Kier molecular flexibility index (Phi) is 8.11. The van der Waals surface area contributed by atoms with E-state index in [9.17, 15) is 14.4 Å². The van der Waals surface area contributed by atoms with Gasteiger partial charge in [0.25, 0.3) is 0 Å². The number of hydrogen-bond acceptors (Lipinski definition) is 6. The maximum Gasteiger partial charge on any atom is 0.314 e. The van der Waals surface area contributed by atoms with Crippen molar-refractivity contribution in [3.05, 3.63) is 59.7 Å². The quantitative estimate of drug-likeness (QED) is 0.325. The summed E-state index contributed by atoms with van der Waals surface area (Å²) in [5, 5.41) is 24.2. The number of carbonyl (C=O) groups excluding carboxylic acids is 3. The number of aryl methyl sites for hydroxylation is 2. The van der Waals surface area contributed by atoms with Crippen LogP contribution < -0.4 is 16.0 Å². The molecule has 4 N–H and O–H groups in total. The summed E-state index contributed by atoms with van der Waals surface area (Å²) in [5.74, 6) is -1.25. The minimum absolute atomic E-state index is 0.200. The predicted molar refractivity (Wildman–Crippen MR) is 139 cm³/mol. The Morgan fingerprint density at radius 2 is 1.95 bits per heavy atom. The molecule has 1 fully saturated rings. The zero-order chi connectivity index (χ0) is 26.4. The molecule has 4 amide bonds. The van der Waals surface area contributed by atoms with Crippen molar-refractivity contribution < 1.29 is 14.4 Å². The Labute approximate surface area is 215 Å². The summed E-state index contributed by atoms with van der Waals surface area (Å²) >= 11 is 0. The molecule has 2 aromatic carbocycles. The summed E-state index contributed by atoms with van der Waals surface area (Å²) in [6.07, 6.45) is 2.54. The van der Waals surface area contributed by atoms with Gasteiger partial charge < -0.3 is 26.3 Å². The first-order valence-corrected chi connectivity index (χ1v) is 12.3. The molecule has 0 spiro atoms. The van der Waals surface area contributed by atoms with Gasteiger partial charge in [-0.15, -0.1) is 5.10 Å². The van der Waals surface area contributed by atoms with Crippen LogP contribution in [0.3, 0.4) is 0 Å². The minimum atomic E-state index is -0.755. The second-order valence-corrected chi connectivity index (χ2v) is 9.21. The number of benzene rings is 2. The van der Waals surface area contributed by atoms with Crippen LogP contribution in [0.15, 0.2) is 48.5 Å².